The number of aryl methyl sites for hydroxylation is 2. The molecule has 1 aromatic heterocycles. The summed E-state index contributed by atoms with van der Waals surface area (Å²) in [7, 11) is 1.87. The summed E-state index contributed by atoms with van der Waals surface area (Å²) in [4.78, 5) is 12.1. The molecule has 2 rings (SSSR count). The average Bonchev–Trinajstić information content (AvgIpc) is 2.67. The molecule has 1 fully saturated rings. The molecular weight excluding hydrogens is 298 g/mol. The van der Waals surface area contributed by atoms with Crippen molar-refractivity contribution in [3.8, 4) is 0 Å². The van der Waals surface area contributed by atoms with Gasteiger partial charge in [-0.3, -0.25) is 9.48 Å². The van der Waals surface area contributed by atoms with Crippen LogP contribution in [0.3, 0.4) is 0 Å². The molecule has 0 spiro atoms. The van der Waals surface area contributed by atoms with Gasteiger partial charge < -0.3 is 10.1 Å². The molecule has 1 saturated heterocycles. The fourth-order valence-electron chi connectivity index (χ4n) is 2.06. The van der Waals surface area contributed by atoms with E-state index in [-0.39, 0.29) is 11.9 Å². The maximum Gasteiger partial charge on any atom is 0.168 e. The first-order chi connectivity index (χ1) is 8.63. The van der Waals surface area contributed by atoms with E-state index in [0.717, 1.165) is 28.8 Å². The van der Waals surface area contributed by atoms with E-state index in [0.29, 0.717) is 19.6 Å². The normalized spacial score (nSPS) is 20.1. The number of nitrogens with one attached hydrogen (secondary N) is 1. The molecule has 2 heterocycles. The molecule has 0 saturated carbocycles. The van der Waals surface area contributed by atoms with Crippen LogP contribution in [-0.4, -0.2) is 41.4 Å². The smallest absolute Gasteiger partial charge is 0.168 e. The van der Waals surface area contributed by atoms with Crippen molar-refractivity contribution in [2.24, 2.45) is 7.05 Å². The standard InChI is InChI=1S/C12H18BrN3O2/c1-3-8-12(13)9(16(2)15-8)6-10(17)11-7-14-4-5-18-11/h11,14H,3-7H2,1-2H3. The molecule has 0 aromatic carbocycles. The monoisotopic (exact) mass is 315 g/mol. The summed E-state index contributed by atoms with van der Waals surface area (Å²) in [5.74, 6) is 0.105. The van der Waals surface area contributed by atoms with Crippen LogP contribution in [0.4, 0.5) is 0 Å². The first-order valence-electron chi connectivity index (χ1n) is 6.18. The van der Waals surface area contributed by atoms with E-state index >= 15 is 0 Å². The van der Waals surface area contributed by atoms with Gasteiger partial charge in [-0.2, -0.15) is 5.10 Å². The van der Waals surface area contributed by atoms with Crippen LogP contribution >= 0.6 is 15.9 Å². The van der Waals surface area contributed by atoms with Gasteiger partial charge in [0.1, 0.15) is 6.10 Å². The largest absolute Gasteiger partial charge is 0.368 e. The minimum absolute atomic E-state index is 0.105. The van der Waals surface area contributed by atoms with Crippen molar-refractivity contribution in [1.29, 1.82) is 0 Å². The van der Waals surface area contributed by atoms with E-state index in [1.165, 1.54) is 0 Å². The fourth-order valence-corrected chi connectivity index (χ4v) is 2.82. The molecule has 1 N–H and O–H groups in total. The van der Waals surface area contributed by atoms with Crippen molar-refractivity contribution in [1.82, 2.24) is 15.1 Å². The Kier molecular flexibility index (Phi) is 4.53. The number of carbonyl (C=O) groups is 1. The zero-order valence-corrected chi connectivity index (χ0v) is 12.3. The number of hydrogen-bond donors (Lipinski definition) is 1. The summed E-state index contributed by atoms with van der Waals surface area (Å²) in [5.41, 5.74) is 1.91. The van der Waals surface area contributed by atoms with Gasteiger partial charge in [0, 0.05) is 20.1 Å². The Bertz CT molecular complexity index is 439. The van der Waals surface area contributed by atoms with Gasteiger partial charge in [0.25, 0.3) is 0 Å². The molecule has 100 valence electrons. The summed E-state index contributed by atoms with van der Waals surface area (Å²) in [6.07, 6.45) is 0.881. The van der Waals surface area contributed by atoms with Crippen LogP contribution in [0, 0.1) is 0 Å². The SMILES string of the molecule is CCc1nn(C)c(CC(=O)C2CNCCO2)c1Br. The molecule has 1 aliphatic heterocycles. The third-order valence-electron chi connectivity index (χ3n) is 3.13. The fraction of sp³-hybridized carbons (Fsp3) is 0.667. The molecule has 0 bridgehead atoms. The van der Waals surface area contributed by atoms with Crippen molar-refractivity contribution < 1.29 is 9.53 Å². The van der Waals surface area contributed by atoms with Crippen LogP contribution in [0.15, 0.2) is 4.47 Å². The number of aromatic nitrogens is 2. The van der Waals surface area contributed by atoms with Crippen molar-refractivity contribution in [3.63, 3.8) is 0 Å². The Morgan fingerprint density at radius 1 is 1.67 bits per heavy atom. The number of carbonyl (C=O) groups excluding carboxylic acids is 1. The zero-order valence-electron chi connectivity index (χ0n) is 10.7. The first-order valence-corrected chi connectivity index (χ1v) is 6.98. The van der Waals surface area contributed by atoms with Crippen molar-refractivity contribution in [2.75, 3.05) is 19.7 Å². The lowest BCUT2D eigenvalue weighted by molar-refractivity contribution is -0.131. The number of Topliss-reactive ketones (excluding diaryl/α,β-unsaturated/α-hetero) is 1. The van der Waals surface area contributed by atoms with Gasteiger partial charge in [-0.25, -0.2) is 0 Å². The Labute approximate surface area is 115 Å². The quantitative estimate of drug-likeness (QED) is 0.895. The van der Waals surface area contributed by atoms with E-state index in [4.69, 9.17) is 4.74 Å². The van der Waals surface area contributed by atoms with Crippen molar-refractivity contribution in [3.05, 3.63) is 15.9 Å². The number of ketones is 1. The van der Waals surface area contributed by atoms with Crippen molar-refractivity contribution in [2.45, 2.75) is 25.9 Å². The second-order valence-electron chi connectivity index (χ2n) is 4.39. The Morgan fingerprint density at radius 3 is 3.00 bits per heavy atom. The van der Waals surface area contributed by atoms with Gasteiger partial charge >= 0.3 is 0 Å². The molecular formula is C12H18BrN3O2. The third kappa shape index (κ3) is 2.81. The molecule has 1 aliphatic rings. The van der Waals surface area contributed by atoms with Crippen LogP contribution in [0.25, 0.3) is 0 Å². The van der Waals surface area contributed by atoms with E-state index in [9.17, 15) is 4.79 Å². The Balaban J connectivity index is 2.08. The van der Waals surface area contributed by atoms with Crippen molar-refractivity contribution >= 4 is 21.7 Å². The summed E-state index contributed by atoms with van der Waals surface area (Å²) in [6.45, 7) is 4.07. The Hall–Kier alpha value is -0.720. The van der Waals surface area contributed by atoms with Crippen LogP contribution in [0.1, 0.15) is 18.3 Å². The molecule has 18 heavy (non-hydrogen) atoms. The second kappa shape index (κ2) is 5.95. The van der Waals surface area contributed by atoms with E-state index in [1.54, 1.807) is 4.68 Å². The number of ether oxygens (including phenoxy) is 1. The molecule has 1 aromatic rings. The lowest BCUT2D eigenvalue weighted by atomic mass is 10.1. The summed E-state index contributed by atoms with van der Waals surface area (Å²) >= 11 is 3.52. The highest BCUT2D eigenvalue weighted by Crippen LogP contribution is 2.22. The summed E-state index contributed by atoms with van der Waals surface area (Å²) in [6, 6.07) is 0. The van der Waals surface area contributed by atoms with Crippen LogP contribution in [-0.2, 0) is 29.4 Å². The highest BCUT2D eigenvalue weighted by molar-refractivity contribution is 9.10. The lowest BCUT2D eigenvalue weighted by Gasteiger charge is -2.22. The van der Waals surface area contributed by atoms with Crippen LogP contribution in [0.2, 0.25) is 0 Å². The van der Waals surface area contributed by atoms with Gasteiger partial charge in [0.15, 0.2) is 5.78 Å². The van der Waals surface area contributed by atoms with Gasteiger partial charge in [0.05, 0.1) is 28.9 Å². The molecule has 1 unspecified atom stereocenters. The first kappa shape index (κ1) is 13.7. The predicted molar refractivity (Wildman–Crippen MR) is 71.6 cm³/mol. The number of nitrogens with zero attached hydrogens (tertiary/aromatic N) is 2. The maximum atomic E-state index is 12.1. The molecule has 0 amide bonds. The topological polar surface area (TPSA) is 56.2 Å². The van der Waals surface area contributed by atoms with Crippen LogP contribution in [0.5, 0.6) is 0 Å². The zero-order chi connectivity index (χ0) is 13.1. The van der Waals surface area contributed by atoms with E-state index < -0.39 is 0 Å². The summed E-state index contributed by atoms with van der Waals surface area (Å²) < 4.78 is 8.19. The highest BCUT2D eigenvalue weighted by atomic mass is 79.9. The minimum atomic E-state index is -0.328. The van der Waals surface area contributed by atoms with Crippen LogP contribution < -0.4 is 5.32 Å². The van der Waals surface area contributed by atoms with E-state index in [1.807, 2.05) is 14.0 Å². The lowest BCUT2D eigenvalue weighted by Crippen LogP contribution is -2.43. The molecule has 6 heteroatoms. The van der Waals surface area contributed by atoms with Gasteiger partial charge in [-0.05, 0) is 22.4 Å². The van der Waals surface area contributed by atoms with Gasteiger partial charge in [0.2, 0.25) is 0 Å². The minimum Gasteiger partial charge on any atom is -0.368 e. The van der Waals surface area contributed by atoms with Gasteiger partial charge in [-0.1, -0.05) is 6.92 Å². The second-order valence-corrected chi connectivity index (χ2v) is 5.18. The predicted octanol–water partition coefficient (Wildman–Crippen LogP) is 0.845. The molecule has 0 radical (unpaired) electrons. The summed E-state index contributed by atoms with van der Waals surface area (Å²) in [5, 5.41) is 7.56. The number of hydrogen-bond acceptors (Lipinski definition) is 4. The highest BCUT2D eigenvalue weighted by Gasteiger charge is 2.24. The number of morpholine rings is 1. The molecule has 1 atom stereocenters. The molecule has 0 aliphatic carbocycles. The number of halogens is 1. The van der Waals surface area contributed by atoms with E-state index in [2.05, 4.69) is 26.3 Å². The average molecular weight is 316 g/mol. The Morgan fingerprint density at radius 2 is 2.44 bits per heavy atom. The maximum absolute atomic E-state index is 12.1. The third-order valence-corrected chi connectivity index (χ3v) is 4.05. The number of rotatable bonds is 4. The molecule has 5 nitrogen and oxygen atoms in total. The van der Waals surface area contributed by atoms with Gasteiger partial charge in [-0.15, -0.1) is 0 Å².